The molecule has 0 bridgehead atoms. The molecule has 1 saturated heterocycles. The van der Waals surface area contributed by atoms with Gasteiger partial charge in [-0.2, -0.15) is 0 Å². The zero-order chi connectivity index (χ0) is 18.7. The average Bonchev–Trinajstić information content (AvgIpc) is 3.38. The predicted octanol–water partition coefficient (Wildman–Crippen LogP) is 2.26. The smallest absolute Gasteiger partial charge is 0.213 e. The molecular formula is C20H32N4O3. The van der Waals surface area contributed by atoms with Gasteiger partial charge in [-0.1, -0.05) is 0 Å². The fraction of sp³-hybridized carbons (Fsp3) is 0.700. The van der Waals surface area contributed by atoms with Crippen molar-refractivity contribution >= 4 is 5.96 Å². The Morgan fingerprint density at radius 3 is 2.93 bits per heavy atom. The summed E-state index contributed by atoms with van der Waals surface area (Å²) in [5.41, 5.74) is 1.13. The molecule has 1 aliphatic carbocycles. The van der Waals surface area contributed by atoms with Gasteiger partial charge in [0.05, 0.1) is 12.7 Å². The molecule has 7 nitrogen and oxygen atoms in total. The maximum atomic E-state index is 5.98. The first-order valence-corrected chi connectivity index (χ1v) is 10.1. The first kappa shape index (κ1) is 19.9. The number of aliphatic imine (C=N–C) groups is 1. The number of guanidine groups is 1. The highest BCUT2D eigenvalue weighted by Gasteiger charge is 2.17. The van der Waals surface area contributed by atoms with Crippen molar-refractivity contribution in [3.8, 4) is 5.88 Å². The summed E-state index contributed by atoms with van der Waals surface area (Å²) in [4.78, 5) is 8.60. The van der Waals surface area contributed by atoms with Crippen molar-refractivity contribution in [3.05, 3.63) is 23.9 Å². The van der Waals surface area contributed by atoms with Gasteiger partial charge in [0.25, 0.3) is 0 Å². The van der Waals surface area contributed by atoms with E-state index in [0.717, 1.165) is 69.5 Å². The average molecular weight is 377 g/mol. The third-order valence-corrected chi connectivity index (χ3v) is 4.93. The fourth-order valence-corrected chi connectivity index (χ4v) is 3.38. The summed E-state index contributed by atoms with van der Waals surface area (Å²) in [6.07, 6.45) is 9.14. The van der Waals surface area contributed by atoms with Gasteiger partial charge in [0, 0.05) is 45.6 Å². The minimum absolute atomic E-state index is 0.273. The van der Waals surface area contributed by atoms with Gasteiger partial charge < -0.3 is 24.8 Å². The molecule has 150 valence electrons. The van der Waals surface area contributed by atoms with Crippen LogP contribution in [0.1, 0.15) is 44.1 Å². The maximum Gasteiger partial charge on any atom is 0.213 e. The highest BCUT2D eigenvalue weighted by molar-refractivity contribution is 5.79. The number of hydrogen-bond acceptors (Lipinski definition) is 5. The van der Waals surface area contributed by atoms with E-state index in [1.54, 1.807) is 7.05 Å². The van der Waals surface area contributed by atoms with Crippen LogP contribution in [-0.2, 0) is 16.0 Å². The van der Waals surface area contributed by atoms with E-state index in [4.69, 9.17) is 14.2 Å². The molecule has 1 unspecified atom stereocenters. The molecule has 2 N–H and O–H groups in total. The largest absolute Gasteiger partial charge is 0.474 e. The van der Waals surface area contributed by atoms with Gasteiger partial charge in [0.15, 0.2) is 5.96 Å². The zero-order valence-corrected chi connectivity index (χ0v) is 16.3. The second kappa shape index (κ2) is 11.1. The van der Waals surface area contributed by atoms with Crippen LogP contribution in [-0.4, -0.2) is 56.6 Å². The number of aromatic nitrogens is 1. The quantitative estimate of drug-likeness (QED) is 0.391. The lowest BCUT2D eigenvalue weighted by Gasteiger charge is -2.14. The summed E-state index contributed by atoms with van der Waals surface area (Å²) in [5.74, 6) is 1.51. The summed E-state index contributed by atoms with van der Waals surface area (Å²) in [6, 6.07) is 4.01. The molecule has 3 rings (SSSR count). The predicted molar refractivity (Wildman–Crippen MR) is 105 cm³/mol. The lowest BCUT2D eigenvalue weighted by Crippen LogP contribution is -2.37. The Balaban J connectivity index is 1.33. The van der Waals surface area contributed by atoms with Gasteiger partial charge in [0.1, 0.15) is 6.10 Å². The molecule has 2 heterocycles. The highest BCUT2D eigenvalue weighted by Crippen LogP contribution is 2.23. The number of rotatable bonds is 9. The molecule has 7 heteroatoms. The molecule has 2 aliphatic rings. The highest BCUT2D eigenvalue weighted by atomic mass is 16.5. The van der Waals surface area contributed by atoms with E-state index < -0.39 is 0 Å². The van der Waals surface area contributed by atoms with Crippen LogP contribution < -0.4 is 15.4 Å². The van der Waals surface area contributed by atoms with E-state index in [2.05, 4.69) is 20.6 Å². The Labute approximate surface area is 161 Å². The molecular weight excluding hydrogens is 344 g/mol. The van der Waals surface area contributed by atoms with Crippen LogP contribution in [0.3, 0.4) is 0 Å². The minimum Gasteiger partial charge on any atom is -0.474 e. The van der Waals surface area contributed by atoms with Gasteiger partial charge in [-0.05, 0) is 50.2 Å². The monoisotopic (exact) mass is 376 g/mol. The maximum absolute atomic E-state index is 5.98. The van der Waals surface area contributed by atoms with Crippen molar-refractivity contribution in [1.82, 2.24) is 15.6 Å². The molecule has 1 saturated carbocycles. The van der Waals surface area contributed by atoms with E-state index in [9.17, 15) is 0 Å². The number of hydrogen-bond donors (Lipinski definition) is 2. The molecule has 1 aromatic rings. The normalized spacial score (nSPS) is 20.8. The number of ether oxygens (including phenoxy) is 3. The Morgan fingerprint density at radius 1 is 1.26 bits per heavy atom. The lowest BCUT2D eigenvalue weighted by atomic mass is 10.2. The van der Waals surface area contributed by atoms with Crippen molar-refractivity contribution in [2.45, 2.75) is 57.3 Å². The van der Waals surface area contributed by atoms with Gasteiger partial charge >= 0.3 is 0 Å². The Kier molecular flexibility index (Phi) is 8.17. The second-order valence-electron chi connectivity index (χ2n) is 7.09. The molecule has 27 heavy (non-hydrogen) atoms. The fourth-order valence-electron chi connectivity index (χ4n) is 3.38. The van der Waals surface area contributed by atoms with Gasteiger partial charge in [0.2, 0.25) is 5.88 Å². The van der Waals surface area contributed by atoms with Crippen LogP contribution >= 0.6 is 0 Å². The Hall–Kier alpha value is -1.86. The molecule has 0 amide bonds. The summed E-state index contributed by atoms with van der Waals surface area (Å²) < 4.78 is 17.1. The standard InChI is InChI=1S/C20H32N4O3/c1-21-20(23-9-4-11-26-18-8-12-25-15-18)24-14-16-7-10-22-19(13-16)27-17-5-2-3-6-17/h7,10,13,17-18H,2-6,8-9,11-12,14-15H2,1H3,(H2,21,23,24). The van der Waals surface area contributed by atoms with Gasteiger partial charge in [-0.25, -0.2) is 4.98 Å². The SMILES string of the molecule is CN=C(NCCCOC1CCOC1)NCc1ccnc(OC2CCCC2)c1. The molecule has 0 aromatic carbocycles. The second-order valence-corrected chi connectivity index (χ2v) is 7.09. The summed E-state index contributed by atoms with van der Waals surface area (Å²) in [6.45, 7) is 3.79. The van der Waals surface area contributed by atoms with Crippen LogP contribution in [0.4, 0.5) is 0 Å². The number of pyridine rings is 1. The summed E-state index contributed by atoms with van der Waals surface area (Å²) >= 11 is 0. The summed E-state index contributed by atoms with van der Waals surface area (Å²) in [5, 5.41) is 6.65. The van der Waals surface area contributed by atoms with Gasteiger partial charge in [-0.3, -0.25) is 4.99 Å². The number of nitrogens with zero attached hydrogens (tertiary/aromatic N) is 2. The van der Waals surface area contributed by atoms with Crippen LogP contribution in [0.15, 0.2) is 23.3 Å². The first-order chi connectivity index (χ1) is 13.3. The third-order valence-electron chi connectivity index (χ3n) is 4.93. The van der Waals surface area contributed by atoms with E-state index in [1.165, 1.54) is 12.8 Å². The van der Waals surface area contributed by atoms with Gasteiger partial charge in [-0.15, -0.1) is 0 Å². The van der Waals surface area contributed by atoms with Crippen LogP contribution in [0.25, 0.3) is 0 Å². The lowest BCUT2D eigenvalue weighted by molar-refractivity contribution is 0.0420. The topological polar surface area (TPSA) is 77.0 Å². The van der Waals surface area contributed by atoms with Crippen molar-refractivity contribution in [2.75, 3.05) is 33.4 Å². The molecule has 0 radical (unpaired) electrons. The van der Waals surface area contributed by atoms with E-state index in [0.29, 0.717) is 12.6 Å². The van der Waals surface area contributed by atoms with Crippen LogP contribution in [0.5, 0.6) is 5.88 Å². The van der Waals surface area contributed by atoms with E-state index in [1.807, 2.05) is 18.3 Å². The van der Waals surface area contributed by atoms with Crippen LogP contribution in [0, 0.1) is 0 Å². The van der Waals surface area contributed by atoms with E-state index >= 15 is 0 Å². The van der Waals surface area contributed by atoms with Crippen molar-refractivity contribution in [3.63, 3.8) is 0 Å². The molecule has 1 aliphatic heterocycles. The molecule has 1 atom stereocenters. The van der Waals surface area contributed by atoms with Crippen LogP contribution in [0.2, 0.25) is 0 Å². The van der Waals surface area contributed by atoms with Crippen molar-refractivity contribution in [1.29, 1.82) is 0 Å². The summed E-state index contributed by atoms with van der Waals surface area (Å²) in [7, 11) is 1.78. The van der Waals surface area contributed by atoms with E-state index in [-0.39, 0.29) is 6.10 Å². The van der Waals surface area contributed by atoms with Crippen molar-refractivity contribution < 1.29 is 14.2 Å². The first-order valence-electron chi connectivity index (χ1n) is 10.1. The molecule has 0 spiro atoms. The third kappa shape index (κ3) is 6.99. The Morgan fingerprint density at radius 2 is 2.15 bits per heavy atom. The molecule has 2 fully saturated rings. The number of nitrogens with one attached hydrogen (secondary N) is 2. The van der Waals surface area contributed by atoms with Crippen molar-refractivity contribution in [2.24, 2.45) is 4.99 Å². The Bertz CT molecular complexity index is 584. The zero-order valence-electron chi connectivity index (χ0n) is 16.3. The minimum atomic E-state index is 0.273. The molecule has 1 aromatic heterocycles.